The Morgan fingerprint density at radius 1 is 1.09 bits per heavy atom. The number of nitrogens with two attached hydrogens (primary N) is 1. The molecule has 3 aliphatic rings. The minimum absolute atomic E-state index is 0.0743. The summed E-state index contributed by atoms with van der Waals surface area (Å²) in [5.41, 5.74) is 2.92. The predicted octanol–water partition coefficient (Wildman–Crippen LogP) is 5.09. The molecular formula is C29H31NO4S. The molecule has 35 heavy (non-hydrogen) atoms. The second kappa shape index (κ2) is 7.90. The molecule has 0 unspecified atom stereocenters. The van der Waals surface area contributed by atoms with Gasteiger partial charge in [-0.2, -0.15) is 0 Å². The van der Waals surface area contributed by atoms with Crippen LogP contribution in [0.4, 0.5) is 0 Å². The zero-order valence-electron chi connectivity index (χ0n) is 19.9. The van der Waals surface area contributed by atoms with E-state index in [4.69, 9.17) is 5.14 Å². The van der Waals surface area contributed by atoms with Crippen molar-refractivity contribution in [1.29, 1.82) is 0 Å². The number of carbonyl (C=O) groups is 1. The molecule has 3 N–H and O–H groups in total. The van der Waals surface area contributed by atoms with Gasteiger partial charge in [0, 0.05) is 11.8 Å². The van der Waals surface area contributed by atoms with Gasteiger partial charge in [-0.05, 0) is 101 Å². The van der Waals surface area contributed by atoms with Crippen LogP contribution in [0, 0.1) is 23.2 Å². The van der Waals surface area contributed by atoms with Crippen molar-refractivity contribution in [1.82, 2.24) is 0 Å². The number of hydrogen-bond acceptors (Lipinski definition) is 4. The van der Waals surface area contributed by atoms with Gasteiger partial charge in [0.2, 0.25) is 10.0 Å². The van der Waals surface area contributed by atoms with Crippen LogP contribution in [-0.2, 0) is 27.7 Å². The average Bonchev–Trinajstić information content (AvgIpc) is 3.07. The Morgan fingerprint density at radius 2 is 1.89 bits per heavy atom. The van der Waals surface area contributed by atoms with Crippen LogP contribution in [-0.4, -0.2) is 19.3 Å². The van der Waals surface area contributed by atoms with E-state index in [2.05, 4.69) is 13.0 Å². The number of fused-ring (bicyclic) bond motifs is 6. The van der Waals surface area contributed by atoms with Gasteiger partial charge in [0.15, 0.2) is 0 Å². The summed E-state index contributed by atoms with van der Waals surface area (Å²) < 4.78 is 25.1. The SMILES string of the molecule is C[C@]12CC[C@@H]3c4ccc(O)cc4CC[C@H]3[C@@H]1[C@@H](Cc1c(S(N)(=O)=O)ccc3ccccc13)CC2=O. The molecule has 5 nitrogen and oxygen atoms in total. The van der Waals surface area contributed by atoms with Crippen molar-refractivity contribution in [3.63, 3.8) is 0 Å². The quantitative estimate of drug-likeness (QED) is 0.536. The molecule has 0 aliphatic heterocycles. The van der Waals surface area contributed by atoms with Gasteiger partial charge >= 0.3 is 0 Å². The van der Waals surface area contributed by atoms with Crippen LogP contribution >= 0.6 is 0 Å². The zero-order chi connectivity index (χ0) is 24.5. The summed E-state index contributed by atoms with van der Waals surface area (Å²) in [5.74, 6) is 1.64. The Labute approximate surface area is 206 Å². The summed E-state index contributed by atoms with van der Waals surface area (Å²) >= 11 is 0. The lowest BCUT2D eigenvalue weighted by Crippen LogP contribution is -2.44. The lowest BCUT2D eigenvalue weighted by Gasteiger charge is -2.50. The van der Waals surface area contributed by atoms with Gasteiger partial charge in [0.25, 0.3) is 0 Å². The average molecular weight is 490 g/mol. The van der Waals surface area contributed by atoms with Gasteiger partial charge in [-0.1, -0.05) is 43.3 Å². The second-order valence-corrected chi connectivity index (χ2v) is 12.6. The lowest BCUT2D eigenvalue weighted by molar-refractivity contribution is -0.129. The fourth-order valence-electron chi connectivity index (χ4n) is 7.87. The third-order valence-corrected chi connectivity index (χ3v) is 10.3. The molecule has 182 valence electrons. The summed E-state index contributed by atoms with van der Waals surface area (Å²) in [5, 5.41) is 17.5. The molecule has 6 heteroatoms. The van der Waals surface area contributed by atoms with Gasteiger partial charge in [0.1, 0.15) is 11.5 Å². The molecule has 5 atom stereocenters. The van der Waals surface area contributed by atoms with Crippen molar-refractivity contribution in [3.05, 3.63) is 71.3 Å². The van der Waals surface area contributed by atoms with Crippen molar-refractivity contribution in [2.24, 2.45) is 28.3 Å². The first-order chi connectivity index (χ1) is 16.7. The molecule has 3 aliphatic carbocycles. The normalized spacial score (nSPS) is 30.1. The first kappa shape index (κ1) is 22.7. The van der Waals surface area contributed by atoms with Crippen molar-refractivity contribution in [2.45, 2.75) is 56.3 Å². The molecule has 2 fully saturated rings. The molecule has 0 radical (unpaired) electrons. The molecule has 2 saturated carbocycles. The van der Waals surface area contributed by atoms with Gasteiger partial charge in [-0.15, -0.1) is 0 Å². The van der Waals surface area contributed by atoms with Gasteiger partial charge in [-0.3, -0.25) is 4.79 Å². The molecule has 0 amide bonds. The Balaban J connectivity index is 1.44. The number of aryl methyl sites for hydroxylation is 1. The topological polar surface area (TPSA) is 97.5 Å². The first-order valence-electron chi connectivity index (χ1n) is 12.6. The van der Waals surface area contributed by atoms with Crippen LogP contribution in [0.15, 0.2) is 59.5 Å². The number of ketones is 1. The minimum atomic E-state index is -3.90. The number of benzene rings is 3. The number of phenolic OH excluding ortho intramolecular Hbond substituents is 1. The largest absolute Gasteiger partial charge is 0.508 e. The van der Waals surface area contributed by atoms with Gasteiger partial charge in [0.05, 0.1) is 4.90 Å². The number of Topliss-reactive ketones (excluding diaryl/α,β-unsaturated/α-hetero) is 1. The maximum atomic E-state index is 13.5. The van der Waals surface area contributed by atoms with Gasteiger partial charge < -0.3 is 5.11 Å². The fraction of sp³-hybridized carbons (Fsp3) is 0.414. The van der Waals surface area contributed by atoms with Crippen molar-refractivity contribution < 1.29 is 18.3 Å². The van der Waals surface area contributed by atoms with Crippen LogP contribution in [0.5, 0.6) is 5.75 Å². The molecule has 0 heterocycles. The smallest absolute Gasteiger partial charge is 0.238 e. The summed E-state index contributed by atoms with van der Waals surface area (Å²) in [6.45, 7) is 2.15. The molecule has 3 aromatic rings. The Bertz CT molecular complexity index is 1460. The highest BCUT2D eigenvalue weighted by Crippen LogP contribution is 2.62. The molecule has 0 spiro atoms. The van der Waals surface area contributed by atoms with E-state index in [9.17, 15) is 18.3 Å². The highest BCUT2D eigenvalue weighted by Gasteiger charge is 2.58. The number of phenols is 1. The van der Waals surface area contributed by atoms with E-state index in [0.717, 1.165) is 42.0 Å². The predicted molar refractivity (Wildman–Crippen MR) is 136 cm³/mol. The monoisotopic (exact) mass is 489 g/mol. The van der Waals surface area contributed by atoms with Crippen LogP contribution in [0.3, 0.4) is 0 Å². The van der Waals surface area contributed by atoms with E-state index in [0.29, 0.717) is 36.2 Å². The molecule has 6 rings (SSSR count). The Morgan fingerprint density at radius 3 is 2.69 bits per heavy atom. The highest BCUT2D eigenvalue weighted by molar-refractivity contribution is 7.89. The lowest BCUT2D eigenvalue weighted by atomic mass is 9.54. The van der Waals surface area contributed by atoms with Crippen molar-refractivity contribution in [3.8, 4) is 5.75 Å². The van der Waals surface area contributed by atoms with Crippen LogP contribution in [0.25, 0.3) is 10.8 Å². The Kier molecular flexibility index (Phi) is 5.14. The fourth-order valence-corrected chi connectivity index (χ4v) is 8.66. The molecule has 3 aromatic carbocycles. The minimum Gasteiger partial charge on any atom is -0.508 e. The summed E-state index contributed by atoms with van der Waals surface area (Å²) in [4.78, 5) is 13.6. The number of primary sulfonamides is 1. The third-order valence-electron chi connectivity index (χ3n) is 9.32. The van der Waals surface area contributed by atoms with Crippen molar-refractivity contribution in [2.75, 3.05) is 0 Å². The molecule has 0 aromatic heterocycles. The van der Waals surface area contributed by atoms with Crippen molar-refractivity contribution >= 4 is 26.6 Å². The number of carbonyl (C=O) groups excluding carboxylic acids is 1. The van der Waals surface area contributed by atoms with E-state index >= 15 is 0 Å². The van der Waals surface area contributed by atoms with E-state index < -0.39 is 10.0 Å². The maximum Gasteiger partial charge on any atom is 0.238 e. The van der Waals surface area contributed by atoms with Crippen LogP contribution in [0.1, 0.15) is 55.2 Å². The number of rotatable bonds is 3. The van der Waals surface area contributed by atoms with Gasteiger partial charge in [-0.25, -0.2) is 13.6 Å². The van der Waals surface area contributed by atoms with Crippen LogP contribution in [0.2, 0.25) is 0 Å². The van der Waals surface area contributed by atoms with E-state index in [1.165, 1.54) is 11.1 Å². The maximum absolute atomic E-state index is 13.5. The first-order valence-corrected chi connectivity index (χ1v) is 14.1. The number of aromatic hydroxyl groups is 1. The summed E-state index contributed by atoms with van der Waals surface area (Å²) in [6.07, 6.45) is 4.74. The summed E-state index contributed by atoms with van der Waals surface area (Å²) in [6, 6.07) is 17.0. The van der Waals surface area contributed by atoms with E-state index in [-0.39, 0.29) is 22.1 Å². The molecular weight excluding hydrogens is 458 g/mol. The Hall–Kier alpha value is -2.70. The third kappa shape index (κ3) is 3.53. The molecule has 0 bridgehead atoms. The van der Waals surface area contributed by atoms with Crippen LogP contribution < -0.4 is 5.14 Å². The molecule has 0 saturated heterocycles. The van der Waals surface area contributed by atoms with E-state index in [1.807, 2.05) is 36.4 Å². The standard InChI is InChI=1S/C29H31NO4S/c1-29-13-12-23-22-10-8-20(31)14-18(22)6-9-24(23)28(29)19(16-27(29)32)15-25-21-5-3-2-4-17(21)7-11-26(25)35(30,33)34/h2-5,7-8,10-11,14,19,23-24,28,31H,6,9,12-13,15-16H2,1H3,(H2,30,33,34)/t19-,23+,24+,28-,29+/m0/s1. The zero-order valence-corrected chi connectivity index (χ0v) is 20.7. The number of sulfonamides is 1. The highest BCUT2D eigenvalue weighted by atomic mass is 32.2. The number of hydrogen-bond donors (Lipinski definition) is 2. The second-order valence-electron chi connectivity index (χ2n) is 11.1. The summed E-state index contributed by atoms with van der Waals surface area (Å²) in [7, 11) is -3.90. The van der Waals surface area contributed by atoms with E-state index in [1.54, 1.807) is 12.1 Å².